The molecule has 1 aromatic heterocycles. The van der Waals surface area contributed by atoms with Gasteiger partial charge in [0, 0.05) is 18.3 Å². The van der Waals surface area contributed by atoms with Crippen LogP contribution in [0.5, 0.6) is 0 Å². The van der Waals surface area contributed by atoms with E-state index in [9.17, 15) is 31.1 Å². The van der Waals surface area contributed by atoms with Crippen molar-refractivity contribution in [2.45, 2.75) is 31.5 Å². The van der Waals surface area contributed by atoms with Crippen LogP contribution in [-0.2, 0) is 6.54 Å². The molecule has 0 unspecified atom stereocenters. The van der Waals surface area contributed by atoms with E-state index < -0.39 is 30.5 Å². The molecule has 0 radical (unpaired) electrons. The topological polar surface area (TPSA) is 54.0 Å². The first-order valence-electron chi connectivity index (χ1n) is 7.64. The number of rotatable bonds is 5. The Morgan fingerprint density at radius 2 is 1.56 bits per heavy atom. The van der Waals surface area contributed by atoms with Gasteiger partial charge in [-0.15, -0.1) is 0 Å². The van der Waals surface area contributed by atoms with Gasteiger partial charge in [0.05, 0.1) is 5.69 Å². The third-order valence-corrected chi connectivity index (χ3v) is 3.80. The molecule has 2 rings (SSSR count). The standard InChI is InChI=1S/C17H15F6N3O/c1-11-6-2-3-8-13(11)14(27)26-15(16(18,19)20,17(21,22)23)25-10-12-7-4-5-9-24-12/h2-9,25H,10H2,1H3,(H,26,27). The predicted octanol–water partition coefficient (Wildman–Crippen LogP) is 3.73. The van der Waals surface area contributed by atoms with Crippen molar-refractivity contribution < 1.29 is 31.1 Å². The Bertz CT molecular complexity index is 775. The van der Waals surface area contributed by atoms with Gasteiger partial charge < -0.3 is 5.32 Å². The molecule has 2 N–H and O–H groups in total. The summed E-state index contributed by atoms with van der Waals surface area (Å²) >= 11 is 0. The van der Waals surface area contributed by atoms with Crippen molar-refractivity contribution in [3.63, 3.8) is 0 Å². The molecule has 0 saturated heterocycles. The van der Waals surface area contributed by atoms with Crippen LogP contribution in [0, 0.1) is 6.92 Å². The predicted molar refractivity (Wildman–Crippen MR) is 84.6 cm³/mol. The van der Waals surface area contributed by atoms with Gasteiger partial charge >= 0.3 is 12.4 Å². The Labute approximate surface area is 150 Å². The number of hydrogen-bond donors (Lipinski definition) is 2. The first kappa shape index (κ1) is 20.7. The summed E-state index contributed by atoms with van der Waals surface area (Å²) in [5, 5.41) is 2.52. The van der Waals surface area contributed by atoms with Crippen LogP contribution in [-0.4, -0.2) is 28.9 Å². The Morgan fingerprint density at radius 3 is 2.07 bits per heavy atom. The first-order chi connectivity index (χ1) is 12.5. The first-order valence-corrected chi connectivity index (χ1v) is 7.64. The molecule has 0 fully saturated rings. The molecule has 2 aromatic rings. The normalized spacial score (nSPS) is 12.7. The fraction of sp³-hybridized carbons (Fsp3) is 0.294. The Balaban J connectivity index is 2.42. The number of carbonyl (C=O) groups excluding carboxylic acids is 1. The lowest BCUT2D eigenvalue weighted by Crippen LogP contribution is -2.75. The van der Waals surface area contributed by atoms with E-state index in [1.165, 1.54) is 54.8 Å². The molecule has 0 aliphatic rings. The van der Waals surface area contributed by atoms with Crippen LogP contribution in [0.1, 0.15) is 21.6 Å². The summed E-state index contributed by atoms with van der Waals surface area (Å²) in [5.74, 6) is -1.50. The highest BCUT2D eigenvalue weighted by molar-refractivity contribution is 5.96. The van der Waals surface area contributed by atoms with Gasteiger partial charge in [0.25, 0.3) is 11.6 Å². The van der Waals surface area contributed by atoms with E-state index in [1.807, 2.05) is 0 Å². The number of carbonyl (C=O) groups is 1. The minimum Gasteiger partial charge on any atom is -0.319 e. The number of aromatic nitrogens is 1. The Kier molecular flexibility index (Phi) is 5.79. The Morgan fingerprint density at radius 1 is 0.963 bits per heavy atom. The van der Waals surface area contributed by atoms with Crippen LogP contribution in [0.3, 0.4) is 0 Å². The van der Waals surface area contributed by atoms with Gasteiger partial charge in [-0.05, 0) is 30.7 Å². The fourth-order valence-corrected chi connectivity index (χ4v) is 2.34. The lowest BCUT2D eigenvalue weighted by Gasteiger charge is -2.38. The summed E-state index contributed by atoms with van der Waals surface area (Å²) in [6.45, 7) is 0.535. The van der Waals surface area contributed by atoms with Crippen LogP contribution in [0.4, 0.5) is 26.3 Å². The Hall–Kier alpha value is -2.62. The van der Waals surface area contributed by atoms with Gasteiger partial charge in [0.15, 0.2) is 0 Å². The van der Waals surface area contributed by atoms with Crippen LogP contribution in [0.25, 0.3) is 0 Å². The van der Waals surface area contributed by atoms with Crippen LogP contribution < -0.4 is 10.6 Å². The maximum atomic E-state index is 13.5. The number of nitrogens with zero attached hydrogens (tertiary/aromatic N) is 1. The van der Waals surface area contributed by atoms with Crippen molar-refractivity contribution in [3.8, 4) is 0 Å². The average molecular weight is 391 g/mol. The van der Waals surface area contributed by atoms with Gasteiger partial charge in [0.1, 0.15) is 0 Å². The zero-order chi connectivity index (χ0) is 20.3. The molecule has 0 saturated carbocycles. The number of nitrogens with one attached hydrogen (secondary N) is 2. The number of benzene rings is 1. The lowest BCUT2D eigenvalue weighted by molar-refractivity contribution is -0.314. The molecule has 4 nitrogen and oxygen atoms in total. The van der Waals surface area contributed by atoms with E-state index in [-0.39, 0.29) is 16.8 Å². The molecule has 27 heavy (non-hydrogen) atoms. The molecule has 146 valence electrons. The zero-order valence-corrected chi connectivity index (χ0v) is 13.9. The third-order valence-electron chi connectivity index (χ3n) is 3.80. The summed E-state index contributed by atoms with van der Waals surface area (Å²) < 4.78 is 81.2. The average Bonchev–Trinajstić information content (AvgIpc) is 2.57. The number of pyridine rings is 1. The molecule has 0 atom stereocenters. The molecular weight excluding hydrogens is 376 g/mol. The maximum Gasteiger partial charge on any atom is 0.434 e. The zero-order valence-electron chi connectivity index (χ0n) is 13.9. The van der Waals surface area contributed by atoms with Crippen molar-refractivity contribution in [2.24, 2.45) is 0 Å². The van der Waals surface area contributed by atoms with E-state index in [4.69, 9.17) is 0 Å². The molecule has 0 aliphatic carbocycles. The van der Waals surface area contributed by atoms with E-state index in [1.54, 1.807) is 0 Å². The van der Waals surface area contributed by atoms with Crippen LogP contribution in [0.2, 0.25) is 0 Å². The molecule has 1 heterocycles. The van der Waals surface area contributed by atoms with Crippen LogP contribution >= 0.6 is 0 Å². The van der Waals surface area contributed by atoms with E-state index in [0.717, 1.165) is 11.4 Å². The van der Waals surface area contributed by atoms with Crippen molar-refractivity contribution in [3.05, 3.63) is 65.5 Å². The summed E-state index contributed by atoms with van der Waals surface area (Å²) in [5.41, 5.74) is -4.76. The number of aryl methyl sites for hydroxylation is 1. The van der Waals surface area contributed by atoms with E-state index in [2.05, 4.69) is 4.98 Å². The van der Waals surface area contributed by atoms with Crippen molar-refractivity contribution >= 4 is 5.91 Å². The largest absolute Gasteiger partial charge is 0.434 e. The van der Waals surface area contributed by atoms with Crippen molar-refractivity contribution in [1.29, 1.82) is 0 Å². The molecule has 0 spiro atoms. The van der Waals surface area contributed by atoms with Gasteiger partial charge in [-0.1, -0.05) is 24.3 Å². The van der Waals surface area contributed by atoms with E-state index >= 15 is 0 Å². The number of hydrogen-bond acceptors (Lipinski definition) is 3. The van der Waals surface area contributed by atoms with Gasteiger partial charge in [-0.2, -0.15) is 26.3 Å². The molecular formula is C17H15F6N3O. The smallest absolute Gasteiger partial charge is 0.319 e. The molecule has 0 aliphatic heterocycles. The molecule has 0 bridgehead atoms. The SMILES string of the molecule is Cc1ccccc1C(=O)NC(NCc1ccccn1)(C(F)(F)F)C(F)(F)F. The highest BCUT2D eigenvalue weighted by atomic mass is 19.4. The quantitative estimate of drug-likeness (QED) is 0.603. The molecule has 1 aromatic carbocycles. The summed E-state index contributed by atoms with van der Waals surface area (Å²) in [6, 6.07) is 9.52. The molecule has 1 amide bonds. The highest BCUT2D eigenvalue weighted by Gasteiger charge is 2.72. The monoisotopic (exact) mass is 391 g/mol. The number of halogens is 6. The molecule has 10 heteroatoms. The van der Waals surface area contributed by atoms with Gasteiger partial charge in [0.2, 0.25) is 0 Å². The number of alkyl halides is 6. The summed E-state index contributed by atoms with van der Waals surface area (Å²) in [4.78, 5) is 15.9. The lowest BCUT2D eigenvalue weighted by atomic mass is 10.0. The second-order valence-electron chi connectivity index (χ2n) is 5.69. The van der Waals surface area contributed by atoms with Gasteiger partial charge in [-0.25, -0.2) is 0 Å². The minimum absolute atomic E-state index is 0.0551. The third kappa shape index (κ3) is 4.38. The maximum absolute atomic E-state index is 13.5. The second kappa shape index (κ2) is 7.55. The van der Waals surface area contributed by atoms with Crippen LogP contribution in [0.15, 0.2) is 48.7 Å². The summed E-state index contributed by atoms with van der Waals surface area (Å²) in [7, 11) is 0. The van der Waals surface area contributed by atoms with Gasteiger partial charge in [-0.3, -0.25) is 15.1 Å². The summed E-state index contributed by atoms with van der Waals surface area (Å²) in [6.07, 6.45) is -10.5. The number of amides is 1. The van der Waals surface area contributed by atoms with Crippen molar-refractivity contribution in [1.82, 2.24) is 15.6 Å². The second-order valence-corrected chi connectivity index (χ2v) is 5.69. The minimum atomic E-state index is -5.86. The van der Waals surface area contributed by atoms with Crippen molar-refractivity contribution in [2.75, 3.05) is 0 Å². The fourth-order valence-electron chi connectivity index (χ4n) is 2.34. The highest BCUT2D eigenvalue weighted by Crippen LogP contribution is 2.41. The van der Waals surface area contributed by atoms with E-state index in [0.29, 0.717) is 0 Å².